The summed E-state index contributed by atoms with van der Waals surface area (Å²) in [4.78, 5) is 4.76. The Morgan fingerprint density at radius 3 is 3.00 bits per heavy atom. The summed E-state index contributed by atoms with van der Waals surface area (Å²) >= 11 is 7.41. The van der Waals surface area contributed by atoms with Crippen molar-refractivity contribution in [1.82, 2.24) is 4.98 Å². The number of hydrogen-bond donors (Lipinski definition) is 1. The van der Waals surface area contributed by atoms with Crippen LogP contribution in [0, 0.1) is 0 Å². The van der Waals surface area contributed by atoms with E-state index in [-0.39, 0.29) is 0 Å². The van der Waals surface area contributed by atoms with Gasteiger partial charge in [-0.1, -0.05) is 11.6 Å². The Hall–Kier alpha value is -1.10. The quantitative estimate of drug-likeness (QED) is 0.926. The van der Waals surface area contributed by atoms with Gasteiger partial charge in [-0.05, 0) is 24.4 Å². The molecule has 1 N–H and O–H groups in total. The molecular weight excluding hydrogens is 258 g/mol. The summed E-state index contributed by atoms with van der Waals surface area (Å²) in [6, 6.07) is 3.54. The zero-order valence-electron chi connectivity index (χ0n) is 9.26. The standard InChI is InChI=1S/C12H12ClNO2S/c1-2-16-9-5-8(6-14-7-9)11(15)12-10(13)3-4-17-12/h3-7,11,15H,2H2,1H3. The van der Waals surface area contributed by atoms with Crippen LogP contribution in [0.2, 0.25) is 5.02 Å². The van der Waals surface area contributed by atoms with Crippen LogP contribution in [-0.2, 0) is 0 Å². The van der Waals surface area contributed by atoms with E-state index in [1.165, 1.54) is 11.3 Å². The van der Waals surface area contributed by atoms with Gasteiger partial charge in [-0.3, -0.25) is 4.98 Å². The molecule has 1 atom stereocenters. The molecule has 0 fully saturated rings. The lowest BCUT2D eigenvalue weighted by atomic mass is 10.1. The minimum Gasteiger partial charge on any atom is -0.492 e. The molecule has 2 rings (SSSR count). The summed E-state index contributed by atoms with van der Waals surface area (Å²) in [7, 11) is 0. The minimum absolute atomic E-state index is 0.570. The van der Waals surface area contributed by atoms with Gasteiger partial charge in [-0.15, -0.1) is 11.3 Å². The maximum absolute atomic E-state index is 10.2. The first-order valence-corrected chi connectivity index (χ1v) is 6.46. The molecule has 90 valence electrons. The van der Waals surface area contributed by atoms with Gasteiger partial charge in [-0.25, -0.2) is 0 Å². The maximum Gasteiger partial charge on any atom is 0.137 e. The van der Waals surface area contributed by atoms with E-state index in [1.807, 2.05) is 12.3 Å². The summed E-state index contributed by atoms with van der Waals surface area (Å²) < 4.78 is 5.34. The summed E-state index contributed by atoms with van der Waals surface area (Å²) in [6.45, 7) is 2.47. The number of hydrogen-bond acceptors (Lipinski definition) is 4. The Bertz CT molecular complexity index is 501. The molecule has 0 saturated carbocycles. The number of aromatic nitrogens is 1. The molecule has 2 aromatic rings. The highest BCUT2D eigenvalue weighted by Gasteiger charge is 2.16. The number of thiophene rings is 1. The fourth-order valence-corrected chi connectivity index (χ4v) is 2.65. The molecule has 1 unspecified atom stereocenters. The van der Waals surface area contributed by atoms with Crippen LogP contribution in [0.4, 0.5) is 0 Å². The van der Waals surface area contributed by atoms with E-state index >= 15 is 0 Å². The SMILES string of the molecule is CCOc1cncc(C(O)c2sccc2Cl)c1. The second kappa shape index (κ2) is 5.49. The van der Waals surface area contributed by atoms with E-state index in [0.29, 0.717) is 22.9 Å². The number of rotatable bonds is 4. The lowest BCUT2D eigenvalue weighted by molar-refractivity contribution is 0.223. The summed E-state index contributed by atoms with van der Waals surface area (Å²) in [5.74, 6) is 0.650. The molecule has 0 amide bonds. The van der Waals surface area contributed by atoms with Crippen LogP contribution < -0.4 is 4.74 Å². The number of ether oxygens (including phenoxy) is 1. The normalized spacial score (nSPS) is 12.4. The van der Waals surface area contributed by atoms with Crippen LogP contribution in [0.25, 0.3) is 0 Å². The van der Waals surface area contributed by atoms with Crippen LogP contribution in [0.1, 0.15) is 23.5 Å². The van der Waals surface area contributed by atoms with Gasteiger partial charge in [0.15, 0.2) is 0 Å². The van der Waals surface area contributed by atoms with Crippen LogP contribution in [-0.4, -0.2) is 16.7 Å². The Kier molecular flexibility index (Phi) is 3.99. The van der Waals surface area contributed by atoms with E-state index in [1.54, 1.807) is 24.5 Å². The van der Waals surface area contributed by atoms with Crippen molar-refractivity contribution in [3.63, 3.8) is 0 Å². The number of halogens is 1. The van der Waals surface area contributed by atoms with Gasteiger partial charge in [0.1, 0.15) is 11.9 Å². The van der Waals surface area contributed by atoms with Gasteiger partial charge in [0.05, 0.1) is 22.7 Å². The summed E-state index contributed by atoms with van der Waals surface area (Å²) in [5.41, 5.74) is 0.681. The van der Waals surface area contributed by atoms with Gasteiger partial charge >= 0.3 is 0 Å². The number of nitrogens with zero attached hydrogens (tertiary/aromatic N) is 1. The molecule has 5 heteroatoms. The first-order valence-electron chi connectivity index (χ1n) is 5.21. The largest absolute Gasteiger partial charge is 0.492 e. The summed E-state index contributed by atoms with van der Waals surface area (Å²) in [5, 5.41) is 12.6. The topological polar surface area (TPSA) is 42.4 Å². The van der Waals surface area contributed by atoms with E-state index < -0.39 is 6.10 Å². The van der Waals surface area contributed by atoms with Gasteiger partial charge in [0, 0.05) is 11.8 Å². The van der Waals surface area contributed by atoms with Crippen LogP contribution in [0.3, 0.4) is 0 Å². The highest BCUT2D eigenvalue weighted by Crippen LogP contribution is 2.33. The van der Waals surface area contributed by atoms with E-state index in [2.05, 4.69) is 4.98 Å². The third-order valence-electron chi connectivity index (χ3n) is 2.25. The zero-order chi connectivity index (χ0) is 12.3. The van der Waals surface area contributed by atoms with Crippen molar-refractivity contribution in [3.05, 3.63) is 45.4 Å². The molecule has 2 aromatic heterocycles. The average molecular weight is 270 g/mol. The number of aliphatic hydroxyl groups is 1. The third-order valence-corrected chi connectivity index (χ3v) is 3.67. The maximum atomic E-state index is 10.2. The van der Waals surface area contributed by atoms with Crippen molar-refractivity contribution < 1.29 is 9.84 Å². The minimum atomic E-state index is -0.754. The van der Waals surface area contributed by atoms with Crippen molar-refractivity contribution in [2.75, 3.05) is 6.61 Å². The number of pyridine rings is 1. The van der Waals surface area contributed by atoms with Crippen LogP contribution in [0.15, 0.2) is 29.9 Å². The van der Waals surface area contributed by atoms with Crippen molar-refractivity contribution in [2.45, 2.75) is 13.0 Å². The predicted molar refractivity (Wildman–Crippen MR) is 68.8 cm³/mol. The molecule has 0 aliphatic carbocycles. The van der Waals surface area contributed by atoms with Crippen molar-refractivity contribution in [2.24, 2.45) is 0 Å². The van der Waals surface area contributed by atoms with Gasteiger partial charge in [-0.2, -0.15) is 0 Å². The molecule has 0 bridgehead atoms. The van der Waals surface area contributed by atoms with Crippen molar-refractivity contribution in [1.29, 1.82) is 0 Å². The Morgan fingerprint density at radius 2 is 2.35 bits per heavy atom. The molecule has 0 aliphatic heterocycles. The second-order valence-electron chi connectivity index (χ2n) is 3.42. The zero-order valence-corrected chi connectivity index (χ0v) is 10.8. The fourth-order valence-electron chi connectivity index (χ4n) is 1.48. The van der Waals surface area contributed by atoms with Crippen molar-refractivity contribution in [3.8, 4) is 5.75 Å². The molecule has 0 radical (unpaired) electrons. The monoisotopic (exact) mass is 269 g/mol. The smallest absolute Gasteiger partial charge is 0.137 e. The van der Waals surface area contributed by atoms with Gasteiger partial charge in [0.25, 0.3) is 0 Å². The molecular formula is C12H12ClNO2S. The lowest BCUT2D eigenvalue weighted by Gasteiger charge is -2.11. The second-order valence-corrected chi connectivity index (χ2v) is 4.78. The van der Waals surface area contributed by atoms with Crippen molar-refractivity contribution >= 4 is 22.9 Å². The average Bonchev–Trinajstić information content (AvgIpc) is 2.75. The molecule has 2 heterocycles. The molecule has 0 saturated heterocycles. The summed E-state index contributed by atoms with van der Waals surface area (Å²) in [6.07, 6.45) is 2.48. The Morgan fingerprint density at radius 1 is 1.53 bits per heavy atom. The lowest BCUT2D eigenvalue weighted by Crippen LogP contribution is -2.00. The van der Waals surface area contributed by atoms with Gasteiger partial charge < -0.3 is 9.84 Å². The van der Waals surface area contributed by atoms with E-state index in [9.17, 15) is 5.11 Å². The third kappa shape index (κ3) is 2.77. The Labute approximate surface area is 109 Å². The molecule has 0 aliphatic rings. The van der Waals surface area contributed by atoms with Crippen LogP contribution in [0.5, 0.6) is 5.75 Å². The van der Waals surface area contributed by atoms with Gasteiger partial charge in [0.2, 0.25) is 0 Å². The van der Waals surface area contributed by atoms with E-state index in [0.717, 1.165) is 4.88 Å². The fraction of sp³-hybridized carbons (Fsp3) is 0.250. The highest BCUT2D eigenvalue weighted by molar-refractivity contribution is 7.10. The first kappa shape index (κ1) is 12.4. The molecule has 3 nitrogen and oxygen atoms in total. The Balaban J connectivity index is 2.28. The highest BCUT2D eigenvalue weighted by atomic mass is 35.5. The molecule has 0 spiro atoms. The van der Waals surface area contributed by atoms with E-state index in [4.69, 9.17) is 16.3 Å². The molecule has 17 heavy (non-hydrogen) atoms. The number of aliphatic hydroxyl groups excluding tert-OH is 1. The first-order chi connectivity index (χ1) is 8.22. The van der Waals surface area contributed by atoms with Crippen LogP contribution >= 0.6 is 22.9 Å². The molecule has 0 aromatic carbocycles. The predicted octanol–water partition coefficient (Wildman–Crippen LogP) is 3.28.